The zero-order valence-corrected chi connectivity index (χ0v) is 16.0. The number of amides is 1. The van der Waals surface area contributed by atoms with Gasteiger partial charge in [0.15, 0.2) is 17.1 Å². The quantitative estimate of drug-likeness (QED) is 0.349. The fourth-order valence-corrected chi connectivity index (χ4v) is 3.39. The molecule has 0 aliphatic carbocycles. The van der Waals surface area contributed by atoms with Crippen molar-refractivity contribution in [2.45, 2.75) is 5.22 Å². The molecule has 9 heteroatoms. The Morgan fingerprint density at radius 3 is 3.00 bits per heavy atom. The number of hydrogen-bond donors (Lipinski definition) is 2. The van der Waals surface area contributed by atoms with Crippen LogP contribution in [0.15, 0.2) is 55.6 Å². The lowest BCUT2D eigenvalue weighted by atomic mass is 10.2. The van der Waals surface area contributed by atoms with Crippen molar-refractivity contribution in [1.29, 1.82) is 0 Å². The van der Waals surface area contributed by atoms with E-state index in [2.05, 4.69) is 31.4 Å². The molecule has 3 aromatic rings. The van der Waals surface area contributed by atoms with E-state index in [9.17, 15) is 9.90 Å². The molecule has 1 heterocycles. The van der Waals surface area contributed by atoms with E-state index in [-0.39, 0.29) is 17.4 Å². The van der Waals surface area contributed by atoms with E-state index in [1.807, 2.05) is 24.3 Å². The lowest BCUT2D eigenvalue weighted by Gasteiger charge is -2.06. The summed E-state index contributed by atoms with van der Waals surface area (Å²) in [5.41, 5.74) is 4.44. The maximum atomic E-state index is 11.9. The second kappa shape index (κ2) is 8.24. The minimum atomic E-state index is -0.301. The van der Waals surface area contributed by atoms with Crippen molar-refractivity contribution in [3.05, 3.63) is 46.4 Å². The van der Waals surface area contributed by atoms with Crippen molar-refractivity contribution >= 4 is 50.9 Å². The Labute approximate surface area is 161 Å². The molecule has 134 valence electrons. The third kappa shape index (κ3) is 4.36. The Bertz CT molecular complexity index is 918. The van der Waals surface area contributed by atoms with Gasteiger partial charge < -0.3 is 14.3 Å². The summed E-state index contributed by atoms with van der Waals surface area (Å²) in [6, 6.07) is 10.6. The highest BCUT2D eigenvalue weighted by atomic mass is 79.9. The predicted octanol–water partition coefficient (Wildman–Crippen LogP) is 3.55. The Morgan fingerprint density at radius 1 is 1.46 bits per heavy atom. The zero-order valence-electron chi connectivity index (χ0n) is 13.6. The molecule has 0 atom stereocenters. The first-order valence-corrected chi connectivity index (χ1v) is 9.21. The van der Waals surface area contributed by atoms with Gasteiger partial charge in [-0.2, -0.15) is 5.10 Å². The van der Waals surface area contributed by atoms with Gasteiger partial charge in [-0.05, 0) is 45.8 Å². The number of benzene rings is 2. The Balaban J connectivity index is 1.54. The van der Waals surface area contributed by atoms with Gasteiger partial charge in [-0.15, -0.1) is 0 Å². The number of methoxy groups -OCH3 is 1. The first-order valence-electron chi connectivity index (χ1n) is 7.43. The summed E-state index contributed by atoms with van der Waals surface area (Å²) >= 11 is 4.47. The number of carbonyl (C=O) groups is 1. The fraction of sp³-hybridized carbons (Fsp3) is 0.118. The molecular weight excluding hydrogens is 422 g/mol. The monoisotopic (exact) mass is 435 g/mol. The molecule has 26 heavy (non-hydrogen) atoms. The van der Waals surface area contributed by atoms with Crippen LogP contribution in [-0.2, 0) is 4.79 Å². The van der Waals surface area contributed by atoms with E-state index in [0.717, 1.165) is 5.52 Å². The third-order valence-electron chi connectivity index (χ3n) is 3.25. The number of ether oxygens (including phenoxy) is 1. The third-order valence-corrected chi connectivity index (χ3v) is 4.67. The van der Waals surface area contributed by atoms with Crippen LogP contribution in [0.3, 0.4) is 0 Å². The largest absolute Gasteiger partial charge is 0.504 e. The molecule has 0 aliphatic heterocycles. The van der Waals surface area contributed by atoms with Gasteiger partial charge in [-0.3, -0.25) is 4.79 Å². The van der Waals surface area contributed by atoms with E-state index in [4.69, 9.17) is 9.15 Å². The van der Waals surface area contributed by atoms with Gasteiger partial charge in [0.1, 0.15) is 5.52 Å². The van der Waals surface area contributed by atoms with Gasteiger partial charge in [0.25, 0.3) is 11.1 Å². The molecule has 0 spiro atoms. The SMILES string of the molecule is COc1c(O)cc(/C=N\NC(=O)CSc2nc3ccccc3o2)cc1Br. The first-order chi connectivity index (χ1) is 12.6. The van der Waals surface area contributed by atoms with Crippen molar-refractivity contribution in [2.24, 2.45) is 5.10 Å². The van der Waals surface area contributed by atoms with Gasteiger partial charge in [0.05, 0.1) is 23.5 Å². The molecule has 7 nitrogen and oxygen atoms in total. The van der Waals surface area contributed by atoms with Crippen LogP contribution in [0.1, 0.15) is 5.56 Å². The number of phenolic OH excluding ortho intramolecular Hbond substituents is 1. The van der Waals surface area contributed by atoms with Gasteiger partial charge >= 0.3 is 0 Å². The smallest absolute Gasteiger partial charge is 0.257 e. The van der Waals surface area contributed by atoms with Crippen LogP contribution in [0.25, 0.3) is 11.1 Å². The van der Waals surface area contributed by atoms with E-state index in [1.165, 1.54) is 31.2 Å². The minimum Gasteiger partial charge on any atom is -0.504 e. The summed E-state index contributed by atoms with van der Waals surface area (Å²) in [4.78, 5) is 16.1. The van der Waals surface area contributed by atoms with Crippen LogP contribution in [-0.4, -0.2) is 35.1 Å². The summed E-state index contributed by atoms with van der Waals surface area (Å²) in [7, 11) is 1.46. The molecule has 3 rings (SSSR count). The van der Waals surface area contributed by atoms with E-state index < -0.39 is 0 Å². The Kier molecular flexibility index (Phi) is 5.79. The maximum absolute atomic E-state index is 11.9. The highest BCUT2D eigenvalue weighted by Crippen LogP contribution is 2.34. The summed E-state index contributed by atoms with van der Waals surface area (Å²) in [5.74, 6) is 0.120. The van der Waals surface area contributed by atoms with Crippen molar-refractivity contribution in [3.63, 3.8) is 0 Å². The average Bonchev–Trinajstić information content (AvgIpc) is 3.03. The zero-order chi connectivity index (χ0) is 18.5. The molecular formula is C17H14BrN3O4S. The second-order valence-corrected chi connectivity index (χ2v) is 6.87. The normalized spacial score (nSPS) is 11.2. The lowest BCUT2D eigenvalue weighted by Crippen LogP contribution is -2.19. The molecule has 2 N–H and O–H groups in total. The minimum absolute atomic E-state index is 0.0267. The standard InChI is InChI=1S/C17H14BrN3O4S/c1-24-16-11(18)6-10(7-13(16)22)8-19-21-15(23)9-26-17-20-12-4-2-3-5-14(12)25-17/h2-8,22H,9H2,1H3,(H,21,23)/b19-8-. The van der Waals surface area contributed by atoms with E-state index in [1.54, 1.807) is 6.07 Å². The first kappa shape index (κ1) is 18.3. The number of rotatable bonds is 6. The van der Waals surface area contributed by atoms with Crippen LogP contribution >= 0.6 is 27.7 Å². The van der Waals surface area contributed by atoms with Gasteiger partial charge in [-0.1, -0.05) is 23.9 Å². The Morgan fingerprint density at radius 2 is 2.27 bits per heavy atom. The predicted molar refractivity (Wildman–Crippen MR) is 103 cm³/mol. The molecule has 0 fully saturated rings. The second-order valence-electron chi connectivity index (χ2n) is 5.08. The fourth-order valence-electron chi connectivity index (χ4n) is 2.13. The van der Waals surface area contributed by atoms with Gasteiger partial charge in [0.2, 0.25) is 0 Å². The number of hydrazone groups is 1. The number of oxazole rings is 1. The number of carbonyl (C=O) groups excluding carboxylic acids is 1. The molecule has 0 saturated heterocycles. The number of nitrogens with zero attached hydrogens (tertiary/aromatic N) is 2. The number of aromatic nitrogens is 1. The molecule has 0 saturated carbocycles. The molecule has 1 amide bonds. The Hall–Kier alpha value is -2.52. The topological polar surface area (TPSA) is 97.0 Å². The molecule has 0 bridgehead atoms. The van der Waals surface area contributed by atoms with Crippen LogP contribution in [0.2, 0.25) is 0 Å². The number of para-hydroxylation sites is 2. The number of fused-ring (bicyclic) bond motifs is 1. The number of hydrogen-bond acceptors (Lipinski definition) is 7. The van der Waals surface area contributed by atoms with Crippen LogP contribution in [0.5, 0.6) is 11.5 Å². The van der Waals surface area contributed by atoms with Crippen molar-refractivity contribution < 1.29 is 19.1 Å². The van der Waals surface area contributed by atoms with Crippen LogP contribution in [0.4, 0.5) is 0 Å². The van der Waals surface area contributed by atoms with Crippen LogP contribution in [0, 0.1) is 0 Å². The van der Waals surface area contributed by atoms with Crippen LogP contribution < -0.4 is 10.2 Å². The lowest BCUT2D eigenvalue weighted by molar-refractivity contribution is -0.118. The number of phenols is 1. The molecule has 0 radical (unpaired) electrons. The summed E-state index contributed by atoms with van der Waals surface area (Å²) in [5, 5.41) is 14.1. The summed E-state index contributed by atoms with van der Waals surface area (Å²) in [6.07, 6.45) is 1.42. The van der Waals surface area contributed by atoms with Crippen molar-refractivity contribution in [2.75, 3.05) is 12.9 Å². The average molecular weight is 436 g/mol. The maximum Gasteiger partial charge on any atom is 0.257 e. The molecule has 1 aromatic heterocycles. The summed E-state index contributed by atoms with van der Waals surface area (Å²) < 4.78 is 11.2. The van der Waals surface area contributed by atoms with E-state index in [0.29, 0.717) is 26.6 Å². The number of nitrogens with one attached hydrogen (secondary N) is 1. The number of aromatic hydroxyl groups is 1. The van der Waals surface area contributed by atoms with E-state index >= 15 is 0 Å². The number of thioether (sulfide) groups is 1. The van der Waals surface area contributed by atoms with Gasteiger partial charge in [-0.25, -0.2) is 10.4 Å². The highest BCUT2D eigenvalue weighted by Gasteiger charge is 2.09. The van der Waals surface area contributed by atoms with Gasteiger partial charge in [0, 0.05) is 0 Å². The van der Waals surface area contributed by atoms with Crippen molar-refractivity contribution in [1.82, 2.24) is 10.4 Å². The summed E-state index contributed by atoms with van der Waals surface area (Å²) in [6.45, 7) is 0. The molecule has 2 aromatic carbocycles. The van der Waals surface area contributed by atoms with Crippen molar-refractivity contribution in [3.8, 4) is 11.5 Å². The highest BCUT2D eigenvalue weighted by molar-refractivity contribution is 9.10. The number of halogens is 1. The molecule has 0 unspecified atom stereocenters. The molecule has 0 aliphatic rings.